The Bertz CT molecular complexity index is 906. The first-order valence-electron chi connectivity index (χ1n) is 8.77. The van der Waals surface area contributed by atoms with Gasteiger partial charge in [-0.25, -0.2) is 13.7 Å². The van der Waals surface area contributed by atoms with Gasteiger partial charge in [0.2, 0.25) is 0 Å². The second kappa shape index (κ2) is 10.6. The molecule has 0 aliphatic carbocycles. The second-order valence-corrected chi connectivity index (χ2v) is 11.1. The van der Waals surface area contributed by atoms with Gasteiger partial charge >= 0.3 is 23.5 Å². The van der Waals surface area contributed by atoms with E-state index >= 15 is 0 Å². The highest BCUT2D eigenvalue weighted by Gasteiger charge is 2.46. The van der Waals surface area contributed by atoms with E-state index in [9.17, 15) is 28.8 Å². The molecule has 0 amide bonds. The smallest absolute Gasteiger partial charge is 0.490 e. The van der Waals surface area contributed by atoms with Crippen LogP contribution in [0.5, 0.6) is 5.75 Å². The summed E-state index contributed by atoms with van der Waals surface area (Å²) in [5.74, 6) is 0.640. The number of aliphatic hydroxyl groups excluding tert-OH is 2. The predicted molar refractivity (Wildman–Crippen MR) is 107 cm³/mol. The van der Waals surface area contributed by atoms with Crippen LogP contribution in [0.25, 0.3) is 0 Å². The second-order valence-electron chi connectivity index (χ2n) is 6.66. The molecule has 6 N–H and O–H groups in total. The number of phosphoric ester groups is 1. The van der Waals surface area contributed by atoms with Gasteiger partial charge in [-0.2, -0.15) is 8.62 Å². The van der Waals surface area contributed by atoms with Gasteiger partial charge in [0.15, 0.2) is 0 Å². The summed E-state index contributed by atoms with van der Waals surface area (Å²) >= 11 is 0. The molecule has 1 saturated heterocycles. The molecule has 6 atom stereocenters. The molecular formula is C14H24NO14P3. The van der Waals surface area contributed by atoms with Crippen LogP contribution in [0.2, 0.25) is 0 Å². The van der Waals surface area contributed by atoms with Crippen molar-refractivity contribution in [3.05, 3.63) is 24.3 Å². The van der Waals surface area contributed by atoms with Crippen molar-refractivity contribution in [2.45, 2.75) is 24.4 Å². The van der Waals surface area contributed by atoms with Crippen molar-refractivity contribution in [1.29, 1.82) is 0 Å². The van der Waals surface area contributed by atoms with Crippen LogP contribution < -0.4 is 9.64 Å². The lowest BCUT2D eigenvalue weighted by Gasteiger charge is -2.25. The zero-order chi connectivity index (χ0) is 24.3. The first kappa shape index (κ1) is 27.4. The molecule has 1 aliphatic rings. The van der Waals surface area contributed by atoms with Crippen molar-refractivity contribution >= 4 is 29.2 Å². The summed E-state index contributed by atoms with van der Waals surface area (Å²) in [5, 5.41) is 20.3. The van der Waals surface area contributed by atoms with Crippen molar-refractivity contribution in [2.24, 2.45) is 0 Å². The number of benzene rings is 1. The van der Waals surface area contributed by atoms with Crippen LogP contribution in [-0.2, 0) is 31.6 Å². The molecule has 1 heterocycles. The van der Waals surface area contributed by atoms with E-state index in [2.05, 4.69) is 13.1 Å². The number of ether oxygens (including phenoxy) is 2. The number of hydrogen-bond donors (Lipinski definition) is 6. The van der Waals surface area contributed by atoms with E-state index in [1.165, 1.54) is 7.11 Å². The van der Waals surface area contributed by atoms with E-state index in [-0.39, 0.29) is 6.54 Å². The molecule has 0 aromatic heterocycles. The van der Waals surface area contributed by atoms with Crippen molar-refractivity contribution in [3.63, 3.8) is 0 Å². The van der Waals surface area contributed by atoms with Gasteiger partial charge < -0.3 is 44.2 Å². The summed E-state index contributed by atoms with van der Waals surface area (Å²) in [5.41, 5.74) is 0.743. The van der Waals surface area contributed by atoms with E-state index in [1.807, 2.05) is 0 Å². The van der Waals surface area contributed by atoms with Crippen LogP contribution >= 0.6 is 23.5 Å². The summed E-state index contributed by atoms with van der Waals surface area (Å²) in [6, 6.07) is 6.95. The van der Waals surface area contributed by atoms with Crippen LogP contribution in [-0.4, -0.2) is 81.5 Å². The van der Waals surface area contributed by atoms with Gasteiger partial charge in [0, 0.05) is 19.3 Å². The number of rotatable bonds is 11. The Morgan fingerprint density at radius 1 is 0.938 bits per heavy atom. The lowest BCUT2D eigenvalue weighted by Crippen LogP contribution is -2.39. The molecule has 1 aromatic carbocycles. The average Bonchev–Trinajstić information content (AvgIpc) is 2.91. The first-order chi connectivity index (χ1) is 14.6. The number of nitrogens with zero attached hydrogens (tertiary/aromatic N) is 1. The first-order valence-corrected chi connectivity index (χ1v) is 13.3. The number of hydrogen-bond acceptors (Lipinski definition) is 11. The van der Waals surface area contributed by atoms with Crippen molar-refractivity contribution in [3.8, 4) is 5.75 Å². The number of anilines is 1. The van der Waals surface area contributed by atoms with Gasteiger partial charge in [-0.3, -0.25) is 4.52 Å². The lowest BCUT2D eigenvalue weighted by molar-refractivity contribution is -0.0191. The highest BCUT2D eigenvalue weighted by atomic mass is 31.3. The standard InChI is InChI=1S/C14H24NO14P3/c1-15(9-3-5-10(25-2)6-4-9)7-11-13(16)14(17)12(27-11)8-26-31(21,22)29-32(23,24)28-30(18,19)20/h3-6,11-14,16-17H,7-8H2,1-2H3,(H,21,22)(H,23,24)(H2,18,19,20)/t11-,12+,13-,14+/m0/s1. The normalized spacial score (nSPS) is 27.5. The minimum atomic E-state index is -5.66. The lowest BCUT2D eigenvalue weighted by atomic mass is 10.1. The zero-order valence-electron chi connectivity index (χ0n) is 16.8. The van der Waals surface area contributed by atoms with Crippen molar-refractivity contribution in [2.75, 3.05) is 32.2 Å². The number of likely N-dealkylation sites (N-methyl/N-ethyl adjacent to an activating group) is 1. The Morgan fingerprint density at radius 3 is 2.03 bits per heavy atom. The Kier molecular flexibility index (Phi) is 9.04. The minimum absolute atomic E-state index is 0.107. The topological polar surface area (TPSA) is 222 Å². The number of aliphatic hydroxyl groups is 2. The summed E-state index contributed by atoms with van der Waals surface area (Å²) < 4.78 is 55.9. The molecule has 0 saturated carbocycles. The summed E-state index contributed by atoms with van der Waals surface area (Å²) in [7, 11) is -13.3. The third kappa shape index (κ3) is 8.15. The van der Waals surface area contributed by atoms with E-state index in [0.717, 1.165) is 5.69 Å². The maximum absolute atomic E-state index is 11.8. The molecule has 15 nitrogen and oxygen atoms in total. The Labute approximate surface area is 182 Å². The van der Waals surface area contributed by atoms with E-state index in [4.69, 9.17) is 24.2 Å². The SMILES string of the molecule is COc1ccc(N(C)C[C@@H]2O[C@H](COP(=O)(O)OP(=O)(O)OP(=O)(O)O)[C@@H](O)[C@H]2O)cc1. The fourth-order valence-corrected chi connectivity index (χ4v) is 5.83. The minimum Gasteiger partial charge on any atom is -0.497 e. The van der Waals surface area contributed by atoms with E-state index < -0.39 is 54.5 Å². The third-order valence-corrected chi connectivity index (χ3v) is 8.05. The molecule has 32 heavy (non-hydrogen) atoms. The Hall–Kier alpha value is -0.890. The summed E-state index contributed by atoms with van der Waals surface area (Å²) in [6.07, 6.45) is -5.21. The molecule has 2 rings (SSSR count). The van der Waals surface area contributed by atoms with Gasteiger partial charge in [-0.15, -0.1) is 0 Å². The fraction of sp³-hybridized carbons (Fsp3) is 0.571. The number of phosphoric acid groups is 3. The fourth-order valence-electron chi connectivity index (χ4n) is 2.80. The highest BCUT2D eigenvalue weighted by molar-refractivity contribution is 7.66. The number of methoxy groups -OCH3 is 1. The molecule has 0 bridgehead atoms. The Morgan fingerprint density at radius 2 is 1.50 bits per heavy atom. The van der Waals surface area contributed by atoms with Crippen molar-refractivity contribution < 1.29 is 66.1 Å². The van der Waals surface area contributed by atoms with Crippen LogP contribution in [0.4, 0.5) is 5.69 Å². The van der Waals surface area contributed by atoms with Gasteiger partial charge in [-0.05, 0) is 24.3 Å². The molecule has 1 aromatic rings. The van der Waals surface area contributed by atoms with Crippen molar-refractivity contribution in [1.82, 2.24) is 0 Å². The third-order valence-electron chi connectivity index (χ3n) is 4.25. The maximum Gasteiger partial charge on any atom is 0.490 e. The molecule has 0 radical (unpaired) electrons. The van der Waals surface area contributed by atoms with E-state index in [0.29, 0.717) is 5.75 Å². The van der Waals surface area contributed by atoms with Crippen LogP contribution in [0.15, 0.2) is 24.3 Å². The van der Waals surface area contributed by atoms with Crippen LogP contribution in [0.3, 0.4) is 0 Å². The predicted octanol–water partition coefficient (Wildman–Crippen LogP) is -0.0361. The molecule has 1 fully saturated rings. The van der Waals surface area contributed by atoms with Crippen LogP contribution in [0, 0.1) is 0 Å². The zero-order valence-corrected chi connectivity index (χ0v) is 19.5. The summed E-state index contributed by atoms with van der Waals surface area (Å²) in [6.45, 7) is -0.763. The molecule has 1 aliphatic heterocycles. The van der Waals surface area contributed by atoms with Gasteiger partial charge in [-0.1, -0.05) is 0 Å². The largest absolute Gasteiger partial charge is 0.497 e. The Balaban J connectivity index is 1.94. The average molecular weight is 523 g/mol. The molecule has 2 unspecified atom stereocenters. The van der Waals surface area contributed by atoms with Crippen LogP contribution in [0.1, 0.15) is 0 Å². The van der Waals surface area contributed by atoms with Gasteiger partial charge in [0.25, 0.3) is 0 Å². The molecule has 18 heteroatoms. The highest BCUT2D eigenvalue weighted by Crippen LogP contribution is 2.66. The summed E-state index contributed by atoms with van der Waals surface area (Å²) in [4.78, 5) is 37.3. The molecular weight excluding hydrogens is 499 g/mol. The molecule has 0 spiro atoms. The van der Waals surface area contributed by atoms with Gasteiger partial charge in [0.1, 0.15) is 30.2 Å². The molecule has 184 valence electrons. The maximum atomic E-state index is 11.8. The quantitative estimate of drug-likeness (QED) is 0.210. The van der Waals surface area contributed by atoms with Gasteiger partial charge in [0.05, 0.1) is 13.7 Å². The van der Waals surface area contributed by atoms with E-state index in [1.54, 1.807) is 36.2 Å². The monoisotopic (exact) mass is 523 g/mol.